The van der Waals surface area contributed by atoms with E-state index in [2.05, 4.69) is 38.7 Å². The maximum absolute atomic E-state index is 13.4. The van der Waals surface area contributed by atoms with E-state index in [0.717, 1.165) is 49.2 Å². The Morgan fingerprint density at radius 2 is 1.76 bits per heavy atom. The monoisotopic (exact) mass is 515 g/mol. The first-order valence-electron chi connectivity index (χ1n) is 12.6. The van der Waals surface area contributed by atoms with E-state index in [1.807, 2.05) is 12.1 Å². The molecule has 37 heavy (non-hydrogen) atoms. The van der Waals surface area contributed by atoms with Crippen molar-refractivity contribution < 1.29 is 13.5 Å². The van der Waals surface area contributed by atoms with Crippen LogP contribution in [-0.4, -0.2) is 56.6 Å². The normalized spacial score (nSPS) is 17.1. The van der Waals surface area contributed by atoms with Crippen LogP contribution in [0.3, 0.4) is 0 Å². The Kier molecular flexibility index (Phi) is 6.27. The average molecular weight is 516 g/mol. The third-order valence-electron chi connectivity index (χ3n) is 7.13. The molecular formula is C28H29N5O3S. The Labute approximate surface area is 215 Å². The first-order chi connectivity index (χ1) is 18.1. The molecule has 8 nitrogen and oxygen atoms in total. The van der Waals surface area contributed by atoms with Gasteiger partial charge in [-0.25, -0.2) is 22.4 Å². The average Bonchev–Trinajstić information content (AvgIpc) is 3.52. The maximum atomic E-state index is 13.4. The van der Waals surface area contributed by atoms with Crippen LogP contribution >= 0.6 is 0 Å². The molecule has 190 valence electrons. The van der Waals surface area contributed by atoms with E-state index in [1.54, 1.807) is 42.7 Å². The minimum Gasteiger partial charge on any atom is -0.396 e. The van der Waals surface area contributed by atoms with E-state index in [4.69, 9.17) is 4.98 Å². The topological polar surface area (TPSA) is 93.2 Å². The Morgan fingerprint density at radius 1 is 1.00 bits per heavy atom. The van der Waals surface area contributed by atoms with E-state index >= 15 is 0 Å². The predicted molar refractivity (Wildman–Crippen MR) is 143 cm³/mol. The Balaban J connectivity index is 1.45. The third kappa shape index (κ3) is 4.33. The second-order valence-corrected chi connectivity index (χ2v) is 11.4. The lowest BCUT2D eigenvalue weighted by Gasteiger charge is -2.34. The number of imidazole rings is 1. The lowest BCUT2D eigenvalue weighted by atomic mass is 10.0. The molecule has 5 aromatic rings. The summed E-state index contributed by atoms with van der Waals surface area (Å²) in [5.41, 5.74) is 3.25. The Hall–Kier alpha value is -3.53. The number of benzene rings is 2. The van der Waals surface area contributed by atoms with Crippen LogP contribution in [0.5, 0.6) is 0 Å². The minimum atomic E-state index is -3.80. The van der Waals surface area contributed by atoms with Crippen molar-refractivity contribution in [1.82, 2.24) is 23.4 Å². The van der Waals surface area contributed by atoms with Crippen molar-refractivity contribution in [3.8, 4) is 0 Å². The molecule has 1 aliphatic heterocycles. The van der Waals surface area contributed by atoms with Gasteiger partial charge in [0.2, 0.25) is 0 Å². The standard InChI is InChI=1S/C28H29N5O3S/c34-17-14-26-30-25-18-29-28-24(13-16-32(28)37(35,36)23-11-5-2-6-12-23)27(25)33(26)22-10-7-15-31(20-22)19-21-8-3-1-4-9-21/h1-6,8-9,11-13,16,18,22,34H,7,10,14-15,17,19-20H2/t22-/m1/s1. The van der Waals surface area contributed by atoms with Crippen LogP contribution in [0.15, 0.2) is 84.0 Å². The molecule has 0 amide bonds. The van der Waals surface area contributed by atoms with Crippen LogP contribution in [0.25, 0.3) is 22.1 Å². The first kappa shape index (κ1) is 23.8. The molecule has 3 aromatic heterocycles. The van der Waals surface area contributed by atoms with Gasteiger partial charge in [-0.2, -0.15) is 0 Å². The molecule has 6 rings (SSSR count). The SMILES string of the molecule is O=S(=O)(c1ccccc1)n1ccc2c1ncc1nc(CCO)n([C@@H]3CCCN(Cc4ccccc4)C3)c12. The zero-order valence-corrected chi connectivity index (χ0v) is 21.3. The molecule has 0 spiro atoms. The van der Waals surface area contributed by atoms with E-state index in [-0.39, 0.29) is 17.5 Å². The summed E-state index contributed by atoms with van der Waals surface area (Å²) in [5, 5.41) is 10.5. The van der Waals surface area contributed by atoms with Gasteiger partial charge >= 0.3 is 0 Å². The highest BCUT2D eigenvalue weighted by molar-refractivity contribution is 7.90. The molecule has 0 saturated carbocycles. The fourth-order valence-electron chi connectivity index (χ4n) is 5.49. The molecule has 9 heteroatoms. The van der Waals surface area contributed by atoms with E-state index in [0.29, 0.717) is 17.6 Å². The second kappa shape index (κ2) is 9.74. The first-order valence-corrected chi connectivity index (χ1v) is 14.0. The van der Waals surface area contributed by atoms with Gasteiger partial charge in [-0.05, 0) is 43.1 Å². The van der Waals surface area contributed by atoms with Crippen LogP contribution in [0.1, 0.15) is 30.3 Å². The maximum Gasteiger partial charge on any atom is 0.269 e. The summed E-state index contributed by atoms with van der Waals surface area (Å²) >= 11 is 0. The van der Waals surface area contributed by atoms with Gasteiger partial charge in [-0.1, -0.05) is 48.5 Å². The molecule has 1 aliphatic rings. The summed E-state index contributed by atoms with van der Waals surface area (Å²) in [6.45, 7) is 2.74. The number of aliphatic hydroxyl groups excluding tert-OH is 1. The van der Waals surface area contributed by atoms with Crippen molar-refractivity contribution >= 4 is 32.1 Å². The van der Waals surface area contributed by atoms with Gasteiger partial charge in [0.1, 0.15) is 11.3 Å². The molecule has 1 atom stereocenters. The summed E-state index contributed by atoms with van der Waals surface area (Å²) < 4.78 is 30.3. The number of hydrogen-bond acceptors (Lipinski definition) is 6. The molecule has 1 fully saturated rings. The van der Waals surface area contributed by atoms with Crippen LogP contribution in [0.2, 0.25) is 0 Å². The largest absolute Gasteiger partial charge is 0.396 e. The van der Waals surface area contributed by atoms with Gasteiger partial charge in [-0.15, -0.1) is 0 Å². The van der Waals surface area contributed by atoms with Crippen LogP contribution < -0.4 is 0 Å². The molecule has 0 aliphatic carbocycles. The Morgan fingerprint density at radius 3 is 2.51 bits per heavy atom. The van der Waals surface area contributed by atoms with Gasteiger partial charge in [0.25, 0.3) is 10.0 Å². The quantitative estimate of drug-likeness (QED) is 0.352. The number of fused-ring (bicyclic) bond motifs is 3. The predicted octanol–water partition coefficient (Wildman–Crippen LogP) is 3.99. The molecule has 4 heterocycles. The van der Waals surface area contributed by atoms with Crippen molar-refractivity contribution in [2.45, 2.75) is 36.7 Å². The molecule has 0 radical (unpaired) electrons. The van der Waals surface area contributed by atoms with E-state index in [9.17, 15) is 13.5 Å². The fraction of sp³-hybridized carbons (Fsp3) is 0.286. The lowest BCUT2D eigenvalue weighted by molar-refractivity contribution is 0.169. The van der Waals surface area contributed by atoms with E-state index < -0.39 is 10.0 Å². The smallest absolute Gasteiger partial charge is 0.269 e. The second-order valence-electron chi connectivity index (χ2n) is 9.55. The van der Waals surface area contributed by atoms with Gasteiger partial charge < -0.3 is 9.67 Å². The number of aromatic nitrogens is 4. The van der Waals surface area contributed by atoms with Crippen molar-refractivity contribution in [1.29, 1.82) is 0 Å². The molecule has 1 saturated heterocycles. The van der Waals surface area contributed by atoms with Gasteiger partial charge in [0, 0.05) is 37.1 Å². The van der Waals surface area contributed by atoms with E-state index in [1.165, 1.54) is 9.54 Å². The number of piperidine rings is 1. The van der Waals surface area contributed by atoms with Crippen molar-refractivity contribution in [3.05, 3.63) is 90.5 Å². The summed E-state index contributed by atoms with van der Waals surface area (Å²) in [7, 11) is -3.80. The highest BCUT2D eigenvalue weighted by atomic mass is 32.2. The number of hydrogen-bond donors (Lipinski definition) is 1. The van der Waals surface area contributed by atoms with Gasteiger partial charge in [0.15, 0.2) is 5.65 Å². The summed E-state index contributed by atoms with van der Waals surface area (Å²) in [6.07, 6.45) is 5.69. The lowest BCUT2D eigenvalue weighted by Crippen LogP contribution is -2.36. The van der Waals surface area contributed by atoms with Crippen molar-refractivity contribution in [3.63, 3.8) is 0 Å². The number of rotatable bonds is 7. The zero-order chi connectivity index (χ0) is 25.4. The Bertz CT molecular complexity index is 1650. The minimum absolute atomic E-state index is 0.0102. The summed E-state index contributed by atoms with van der Waals surface area (Å²) in [5.74, 6) is 0.803. The fourth-order valence-corrected chi connectivity index (χ4v) is 6.81. The summed E-state index contributed by atoms with van der Waals surface area (Å²) in [4.78, 5) is 12.0. The van der Waals surface area contributed by atoms with Crippen molar-refractivity contribution in [2.24, 2.45) is 0 Å². The molecule has 0 unspecified atom stereocenters. The number of nitrogens with zero attached hydrogens (tertiary/aromatic N) is 5. The number of aliphatic hydroxyl groups is 1. The molecule has 0 bridgehead atoms. The highest BCUT2D eigenvalue weighted by Gasteiger charge is 2.28. The van der Waals surface area contributed by atoms with Crippen LogP contribution in [0.4, 0.5) is 0 Å². The molecule has 2 aromatic carbocycles. The third-order valence-corrected chi connectivity index (χ3v) is 8.81. The van der Waals surface area contributed by atoms with Gasteiger partial charge in [-0.3, -0.25) is 4.90 Å². The molecular weight excluding hydrogens is 486 g/mol. The van der Waals surface area contributed by atoms with Crippen molar-refractivity contribution in [2.75, 3.05) is 19.7 Å². The van der Waals surface area contributed by atoms with Crippen LogP contribution in [-0.2, 0) is 23.0 Å². The highest BCUT2D eigenvalue weighted by Crippen LogP contribution is 2.33. The number of pyridine rings is 1. The zero-order valence-electron chi connectivity index (χ0n) is 20.4. The van der Waals surface area contributed by atoms with Gasteiger partial charge in [0.05, 0.1) is 23.2 Å². The molecule has 1 N–H and O–H groups in total. The summed E-state index contributed by atoms with van der Waals surface area (Å²) in [6, 6.07) is 20.8. The number of likely N-dealkylation sites (tertiary alicyclic amines) is 1. The van der Waals surface area contributed by atoms with Crippen LogP contribution in [0, 0.1) is 0 Å².